The Morgan fingerprint density at radius 2 is 2.35 bits per heavy atom. The van der Waals surface area contributed by atoms with Crippen LogP contribution in [0.25, 0.3) is 0 Å². The number of carboxylic acid groups (broad SMARTS) is 1. The van der Waals surface area contributed by atoms with Crippen LogP contribution in [0.15, 0.2) is 29.8 Å². The zero-order chi connectivity index (χ0) is 12.8. The summed E-state index contributed by atoms with van der Waals surface area (Å²) in [7, 11) is 0. The molecule has 0 unspecified atom stereocenters. The molecule has 0 fully saturated rings. The van der Waals surface area contributed by atoms with Crippen LogP contribution in [-0.2, 0) is 4.79 Å². The number of carboxylic acids is 1. The highest BCUT2D eigenvalue weighted by atomic mass is 19.1. The second-order valence-electron chi connectivity index (χ2n) is 3.46. The summed E-state index contributed by atoms with van der Waals surface area (Å²) in [5, 5.41) is 20.1. The van der Waals surface area contributed by atoms with E-state index in [1.54, 1.807) is 19.1 Å². The summed E-state index contributed by atoms with van der Waals surface area (Å²) in [6, 6.07) is 6.00. The Labute approximate surface area is 98.0 Å². The van der Waals surface area contributed by atoms with Gasteiger partial charge in [0, 0.05) is 12.6 Å². The van der Waals surface area contributed by atoms with Gasteiger partial charge < -0.3 is 10.4 Å². The standard InChI is InChI=1S/C12H11FN2O2/c1-8(5-12(16)17)7-15-11-4-2-3-10(13)9(11)6-14/h2-5,15H,7H2,1H3,(H,16,17)/b8-5-. The van der Waals surface area contributed by atoms with Crippen molar-refractivity contribution in [3.63, 3.8) is 0 Å². The normalized spacial score (nSPS) is 10.8. The van der Waals surface area contributed by atoms with Crippen molar-refractivity contribution in [2.75, 3.05) is 11.9 Å². The first kappa shape index (κ1) is 12.7. The van der Waals surface area contributed by atoms with Crippen LogP contribution in [0.2, 0.25) is 0 Å². The molecular formula is C12H11FN2O2. The first-order valence-corrected chi connectivity index (χ1v) is 4.87. The SMILES string of the molecule is C/C(=C/C(=O)O)CNc1cccc(F)c1C#N. The molecule has 1 aromatic rings. The van der Waals surface area contributed by atoms with Gasteiger partial charge in [0.15, 0.2) is 0 Å². The van der Waals surface area contributed by atoms with E-state index in [2.05, 4.69) is 5.32 Å². The number of nitrogens with zero attached hydrogens (tertiary/aromatic N) is 1. The maximum absolute atomic E-state index is 13.2. The molecule has 0 saturated carbocycles. The minimum atomic E-state index is -1.04. The van der Waals surface area contributed by atoms with Crippen LogP contribution >= 0.6 is 0 Å². The molecule has 4 nitrogen and oxygen atoms in total. The Morgan fingerprint density at radius 1 is 1.65 bits per heavy atom. The van der Waals surface area contributed by atoms with Crippen LogP contribution in [0.3, 0.4) is 0 Å². The van der Waals surface area contributed by atoms with E-state index in [1.807, 2.05) is 0 Å². The molecule has 0 aliphatic rings. The lowest BCUT2D eigenvalue weighted by Crippen LogP contribution is -2.06. The molecule has 0 bridgehead atoms. The number of carbonyl (C=O) groups is 1. The fourth-order valence-electron chi connectivity index (χ4n) is 1.28. The van der Waals surface area contributed by atoms with E-state index in [4.69, 9.17) is 10.4 Å². The monoisotopic (exact) mass is 234 g/mol. The lowest BCUT2D eigenvalue weighted by Gasteiger charge is -2.08. The predicted molar refractivity (Wildman–Crippen MR) is 61.0 cm³/mol. The van der Waals surface area contributed by atoms with Crippen LogP contribution in [0.5, 0.6) is 0 Å². The molecule has 2 N–H and O–H groups in total. The van der Waals surface area contributed by atoms with Gasteiger partial charge in [-0.1, -0.05) is 6.07 Å². The molecule has 1 rings (SSSR count). The molecule has 0 heterocycles. The molecule has 0 atom stereocenters. The first-order valence-electron chi connectivity index (χ1n) is 4.87. The number of hydrogen-bond acceptors (Lipinski definition) is 3. The minimum Gasteiger partial charge on any atom is -0.478 e. The van der Waals surface area contributed by atoms with Gasteiger partial charge in [0.1, 0.15) is 17.4 Å². The van der Waals surface area contributed by atoms with Gasteiger partial charge in [-0.25, -0.2) is 9.18 Å². The average Bonchev–Trinajstić information content (AvgIpc) is 2.25. The zero-order valence-electron chi connectivity index (χ0n) is 9.20. The zero-order valence-corrected chi connectivity index (χ0v) is 9.20. The molecule has 0 aliphatic heterocycles. The number of aliphatic carboxylic acids is 1. The van der Waals surface area contributed by atoms with Crippen molar-refractivity contribution in [1.29, 1.82) is 5.26 Å². The molecule has 0 aliphatic carbocycles. The van der Waals surface area contributed by atoms with Crippen LogP contribution in [-0.4, -0.2) is 17.6 Å². The van der Waals surface area contributed by atoms with Crippen LogP contribution < -0.4 is 5.32 Å². The molecule has 0 aromatic heterocycles. The van der Waals surface area contributed by atoms with Crippen molar-refractivity contribution in [1.82, 2.24) is 0 Å². The predicted octanol–water partition coefficient (Wildman–Crippen LogP) is 2.14. The molecule has 17 heavy (non-hydrogen) atoms. The van der Waals surface area contributed by atoms with Crippen molar-refractivity contribution in [2.24, 2.45) is 0 Å². The van der Waals surface area contributed by atoms with E-state index in [1.165, 1.54) is 12.1 Å². The largest absolute Gasteiger partial charge is 0.478 e. The Bertz CT molecular complexity index is 504. The van der Waals surface area contributed by atoms with Gasteiger partial charge in [-0.2, -0.15) is 5.26 Å². The number of rotatable bonds is 4. The highest BCUT2D eigenvalue weighted by Crippen LogP contribution is 2.17. The van der Waals surface area contributed by atoms with Crippen LogP contribution in [0, 0.1) is 17.1 Å². The van der Waals surface area contributed by atoms with E-state index in [-0.39, 0.29) is 12.1 Å². The topological polar surface area (TPSA) is 73.1 Å². The number of hydrogen-bond donors (Lipinski definition) is 2. The summed E-state index contributed by atoms with van der Waals surface area (Å²) in [5.74, 6) is -1.64. The highest BCUT2D eigenvalue weighted by Gasteiger charge is 2.06. The molecule has 0 spiro atoms. The van der Waals surface area contributed by atoms with E-state index < -0.39 is 11.8 Å². The molecule has 0 saturated heterocycles. The third-order valence-corrected chi connectivity index (χ3v) is 2.05. The fourth-order valence-corrected chi connectivity index (χ4v) is 1.28. The smallest absolute Gasteiger partial charge is 0.328 e. The summed E-state index contributed by atoms with van der Waals surface area (Å²) < 4.78 is 13.2. The molecular weight excluding hydrogens is 223 g/mol. The van der Waals surface area contributed by atoms with E-state index in [0.717, 1.165) is 6.08 Å². The molecule has 5 heteroatoms. The Kier molecular flexibility index (Phi) is 4.23. The number of halogens is 1. The van der Waals surface area contributed by atoms with Gasteiger partial charge in [-0.15, -0.1) is 0 Å². The van der Waals surface area contributed by atoms with E-state index >= 15 is 0 Å². The Morgan fingerprint density at radius 3 is 2.94 bits per heavy atom. The van der Waals surface area contributed by atoms with Crippen molar-refractivity contribution in [3.05, 3.63) is 41.2 Å². The second kappa shape index (κ2) is 5.66. The van der Waals surface area contributed by atoms with Gasteiger partial charge in [0.25, 0.3) is 0 Å². The summed E-state index contributed by atoms with van der Waals surface area (Å²) in [5.41, 5.74) is 0.854. The third-order valence-electron chi connectivity index (χ3n) is 2.05. The van der Waals surface area contributed by atoms with Crippen LogP contribution in [0.4, 0.5) is 10.1 Å². The van der Waals surface area contributed by atoms with Gasteiger partial charge >= 0.3 is 5.97 Å². The minimum absolute atomic E-state index is 0.0735. The van der Waals surface area contributed by atoms with Crippen molar-refractivity contribution in [2.45, 2.75) is 6.92 Å². The second-order valence-corrected chi connectivity index (χ2v) is 3.46. The van der Waals surface area contributed by atoms with E-state index in [0.29, 0.717) is 11.3 Å². The van der Waals surface area contributed by atoms with Crippen molar-refractivity contribution in [3.8, 4) is 6.07 Å². The number of nitriles is 1. The maximum atomic E-state index is 13.2. The van der Waals surface area contributed by atoms with Gasteiger partial charge in [-0.05, 0) is 24.6 Å². The lowest BCUT2D eigenvalue weighted by atomic mass is 10.1. The fraction of sp³-hybridized carbons (Fsp3) is 0.167. The quantitative estimate of drug-likeness (QED) is 0.783. The molecule has 1 aromatic carbocycles. The lowest BCUT2D eigenvalue weighted by molar-refractivity contribution is -0.131. The molecule has 0 radical (unpaired) electrons. The van der Waals surface area contributed by atoms with Gasteiger partial charge in [0.2, 0.25) is 0 Å². The van der Waals surface area contributed by atoms with Crippen molar-refractivity contribution >= 4 is 11.7 Å². The van der Waals surface area contributed by atoms with Crippen LogP contribution in [0.1, 0.15) is 12.5 Å². The number of anilines is 1. The maximum Gasteiger partial charge on any atom is 0.328 e. The number of nitrogens with one attached hydrogen (secondary N) is 1. The summed E-state index contributed by atoms with van der Waals surface area (Å²) in [6.07, 6.45) is 1.05. The summed E-state index contributed by atoms with van der Waals surface area (Å²) >= 11 is 0. The molecule has 0 amide bonds. The first-order chi connectivity index (χ1) is 8.04. The summed E-state index contributed by atoms with van der Waals surface area (Å²) in [4.78, 5) is 10.4. The van der Waals surface area contributed by atoms with E-state index in [9.17, 15) is 9.18 Å². The Hall–Kier alpha value is -2.35. The van der Waals surface area contributed by atoms with Crippen molar-refractivity contribution < 1.29 is 14.3 Å². The third kappa shape index (κ3) is 3.61. The summed E-state index contributed by atoms with van der Waals surface area (Å²) in [6.45, 7) is 1.87. The average molecular weight is 234 g/mol. The van der Waals surface area contributed by atoms with Gasteiger partial charge in [-0.3, -0.25) is 0 Å². The number of benzene rings is 1. The molecule has 88 valence electrons. The Balaban J connectivity index is 2.81. The highest BCUT2D eigenvalue weighted by molar-refractivity contribution is 5.80. The van der Waals surface area contributed by atoms with Gasteiger partial charge in [0.05, 0.1) is 5.69 Å².